The molecule has 15 heteroatoms. The number of aliphatic hydroxyl groups is 1. The summed E-state index contributed by atoms with van der Waals surface area (Å²) in [5.41, 5.74) is 3.94. The van der Waals surface area contributed by atoms with Crippen molar-refractivity contribution in [3.05, 3.63) is 113 Å². The van der Waals surface area contributed by atoms with Gasteiger partial charge in [-0.05, 0) is 158 Å². The molecular weight excluding hydrogens is 1270 g/mol. The van der Waals surface area contributed by atoms with E-state index >= 15 is 0 Å². The van der Waals surface area contributed by atoms with Crippen molar-refractivity contribution in [2.45, 2.75) is 56.8 Å². The largest absolute Gasteiger partial charge is 0.491 e. The Labute approximate surface area is 412 Å². The molecule has 0 amide bonds. The minimum absolute atomic E-state index is 0.0612. The molecule has 0 saturated carbocycles. The van der Waals surface area contributed by atoms with Crippen LogP contribution in [0.5, 0.6) is 23.0 Å². The normalized spacial score (nSPS) is 15.6. The van der Waals surface area contributed by atoms with E-state index in [1.165, 1.54) is 5.56 Å². The highest BCUT2D eigenvalue weighted by Crippen LogP contribution is 2.44. The predicted molar refractivity (Wildman–Crippen MR) is 268 cm³/mol. The zero-order valence-electron chi connectivity index (χ0n) is 33.8. The van der Waals surface area contributed by atoms with Crippen LogP contribution < -0.4 is 18.9 Å². The summed E-state index contributed by atoms with van der Waals surface area (Å²) in [6.07, 6.45) is -0.430. The second kappa shape index (κ2) is 27.1. The van der Waals surface area contributed by atoms with Crippen LogP contribution in [0.3, 0.4) is 0 Å². The maximum atomic E-state index is 10.7. The number of hydrogen-bond donors (Lipinski definition) is 1. The Morgan fingerprint density at radius 1 is 0.517 bits per heavy atom. The maximum absolute atomic E-state index is 10.7. The molecule has 0 spiro atoms. The number of rotatable bonds is 16. The molecule has 4 aromatic carbocycles. The summed E-state index contributed by atoms with van der Waals surface area (Å²) in [6.45, 7) is 11.5. The Morgan fingerprint density at radius 2 is 0.828 bits per heavy atom. The second-order valence-corrected chi connectivity index (χ2v) is 17.1. The zero-order chi connectivity index (χ0) is 43.6. The summed E-state index contributed by atoms with van der Waals surface area (Å²) in [5, 5.41) is 10.7. The van der Waals surface area contributed by atoms with Crippen molar-refractivity contribution >= 4 is 127 Å². The molecule has 2 aliphatic heterocycles. The zero-order valence-corrected chi connectivity index (χ0v) is 46.5. The average Bonchev–Trinajstić information content (AvgIpc) is 4.19. The fourth-order valence-corrected chi connectivity index (χ4v) is 8.33. The molecule has 2 fully saturated rings. The first-order chi connectivity index (χ1) is 27.8. The van der Waals surface area contributed by atoms with Gasteiger partial charge in [-0.1, -0.05) is 116 Å². The van der Waals surface area contributed by atoms with E-state index in [1.807, 2.05) is 47.6 Å². The summed E-state index contributed by atoms with van der Waals surface area (Å²) in [5.74, 6) is 10.1. The molecular formula is C43H52Br8O7. The highest BCUT2D eigenvalue weighted by Gasteiger charge is 2.29. The standard InChI is InChI=1S/C39H40Br4O7.4CH3Br/c1-38(2,24-7-11-29(12-8-24)46-19-30-20-47-30)23-5-9-28(10-6-23)45-17-27(44)18-49-36-32(40)13-25(14-33(36)41)39(3,4)26-15-34(42)37(35(43)16-26)50-22-31-21-48-31;4*1-2/h5-16,27,30-31,44H,17-22H2,1-4H3;4*1H3. The highest BCUT2D eigenvalue weighted by molar-refractivity contribution is 9.11. The Hall–Kier alpha value is -0.200. The van der Waals surface area contributed by atoms with Crippen molar-refractivity contribution in [2.24, 2.45) is 0 Å². The molecule has 6 rings (SSSR count). The highest BCUT2D eigenvalue weighted by atomic mass is 79.9. The molecule has 58 heavy (non-hydrogen) atoms. The number of aliphatic hydroxyl groups excluding tert-OH is 1. The molecule has 0 bridgehead atoms. The Morgan fingerprint density at radius 3 is 1.21 bits per heavy atom. The fraction of sp³-hybridized carbons (Fsp3) is 0.442. The topological polar surface area (TPSA) is 82.2 Å². The van der Waals surface area contributed by atoms with Crippen LogP contribution in [0, 0.1) is 0 Å². The van der Waals surface area contributed by atoms with Gasteiger partial charge in [0, 0.05) is 10.8 Å². The summed E-state index contributed by atoms with van der Waals surface area (Å²) in [4.78, 5) is 0. The minimum Gasteiger partial charge on any atom is -0.491 e. The quantitative estimate of drug-likeness (QED) is 0.0884. The number of halogens is 8. The van der Waals surface area contributed by atoms with Gasteiger partial charge in [-0.25, -0.2) is 0 Å². The number of alkyl halides is 4. The summed E-state index contributed by atoms with van der Waals surface area (Å²) >= 11 is 26.5. The van der Waals surface area contributed by atoms with Gasteiger partial charge in [-0.15, -0.1) is 0 Å². The number of benzene rings is 4. The van der Waals surface area contributed by atoms with Crippen molar-refractivity contribution in [3.8, 4) is 23.0 Å². The average molecular weight is 1320 g/mol. The van der Waals surface area contributed by atoms with E-state index in [-0.39, 0.29) is 36.3 Å². The van der Waals surface area contributed by atoms with Crippen molar-refractivity contribution in [1.29, 1.82) is 0 Å². The van der Waals surface area contributed by atoms with E-state index in [2.05, 4.69) is 204 Å². The molecule has 0 aromatic heterocycles. The third kappa shape index (κ3) is 16.2. The Bertz CT molecular complexity index is 1750. The van der Waals surface area contributed by atoms with Crippen LogP contribution in [-0.4, -0.2) is 86.4 Å². The lowest BCUT2D eigenvalue weighted by Crippen LogP contribution is -2.25. The first-order valence-electron chi connectivity index (χ1n) is 17.9. The molecule has 3 atom stereocenters. The SMILES string of the molecule is CBr.CBr.CBr.CBr.CC(C)(c1ccc(OCC(O)COc2c(Br)cc(C(C)(C)c3cc(Br)c(OCC4CO4)c(Br)c3)cc2Br)cc1)c1ccc(OCC2CO2)cc1. The van der Waals surface area contributed by atoms with Crippen LogP contribution in [0.15, 0.2) is 90.7 Å². The number of epoxide rings is 2. The third-order valence-corrected chi connectivity index (χ3v) is 11.5. The van der Waals surface area contributed by atoms with E-state index in [0.717, 1.165) is 59.3 Å². The molecule has 3 unspecified atom stereocenters. The van der Waals surface area contributed by atoms with Gasteiger partial charge in [0.25, 0.3) is 0 Å². The molecule has 0 radical (unpaired) electrons. The number of ether oxygens (including phenoxy) is 6. The van der Waals surface area contributed by atoms with E-state index < -0.39 is 6.10 Å². The fourth-order valence-electron chi connectivity index (χ4n) is 5.50. The van der Waals surface area contributed by atoms with Gasteiger partial charge in [0.2, 0.25) is 0 Å². The third-order valence-electron chi connectivity index (χ3n) is 9.11. The van der Waals surface area contributed by atoms with Gasteiger partial charge in [-0.2, -0.15) is 0 Å². The van der Waals surface area contributed by atoms with Crippen molar-refractivity contribution in [3.63, 3.8) is 0 Å². The van der Waals surface area contributed by atoms with Crippen LogP contribution in [0.1, 0.15) is 49.9 Å². The lowest BCUT2D eigenvalue weighted by atomic mass is 9.78. The van der Waals surface area contributed by atoms with Crippen LogP contribution in [-0.2, 0) is 20.3 Å². The summed E-state index contributed by atoms with van der Waals surface area (Å²) in [7, 11) is 0. The number of hydrogen-bond acceptors (Lipinski definition) is 7. The lowest BCUT2D eigenvalue weighted by Gasteiger charge is -2.28. The molecule has 2 heterocycles. The van der Waals surface area contributed by atoms with Crippen molar-refractivity contribution < 1.29 is 33.5 Å². The van der Waals surface area contributed by atoms with Crippen LogP contribution >= 0.6 is 127 Å². The van der Waals surface area contributed by atoms with Gasteiger partial charge < -0.3 is 33.5 Å². The van der Waals surface area contributed by atoms with Gasteiger partial charge in [0.1, 0.15) is 67.7 Å². The first-order valence-corrected chi connectivity index (χ1v) is 27.5. The van der Waals surface area contributed by atoms with Gasteiger partial charge >= 0.3 is 0 Å². The maximum Gasteiger partial charge on any atom is 0.147 e. The molecule has 7 nitrogen and oxygen atoms in total. The van der Waals surface area contributed by atoms with Gasteiger partial charge in [-0.3, -0.25) is 0 Å². The molecule has 0 aliphatic carbocycles. The van der Waals surface area contributed by atoms with E-state index in [1.54, 1.807) is 0 Å². The second-order valence-electron chi connectivity index (χ2n) is 13.6. The van der Waals surface area contributed by atoms with E-state index in [4.69, 9.17) is 28.4 Å². The first kappa shape index (κ1) is 53.9. The molecule has 1 N–H and O–H groups in total. The Kier molecular flexibility index (Phi) is 25.2. The smallest absolute Gasteiger partial charge is 0.147 e. The summed E-state index contributed by atoms with van der Waals surface area (Å²) < 4.78 is 37.5. The van der Waals surface area contributed by atoms with Crippen LogP contribution in [0.4, 0.5) is 0 Å². The van der Waals surface area contributed by atoms with E-state index in [9.17, 15) is 5.11 Å². The van der Waals surface area contributed by atoms with E-state index in [0.29, 0.717) is 24.7 Å². The Balaban J connectivity index is 0.00000137. The minimum atomic E-state index is -0.838. The molecule has 4 aromatic rings. The van der Waals surface area contributed by atoms with Crippen LogP contribution in [0.2, 0.25) is 0 Å². The van der Waals surface area contributed by atoms with Gasteiger partial charge in [0.05, 0.1) is 31.1 Å². The van der Waals surface area contributed by atoms with Crippen molar-refractivity contribution in [2.75, 3.05) is 63.0 Å². The predicted octanol–water partition coefficient (Wildman–Crippen LogP) is 13.8. The lowest BCUT2D eigenvalue weighted by molar-refractivity contribution is 0.0621. The summed E-state index contributed by atoms with van der Waals surface area (Å²) in [6, 6.07) is 24.5. The van der Waals surface area contributed by atoms with Gasteiger partial charge in [0.15, 0.2) is 0 Å². The van der Waals surface area contributed by atoms with Crippen molar-refractivity contribution in [1.82, 2.24) is 0 Å². The molecule has 2 saturated heterocycles. The van der Waals surface area contributed by atoms with Crippen LogP contribution in [0.25, 0.3) is 0 Å². The molecule has 2 aliphatic rings. The molecule has 322 valence electrons. The monoisotopic (exact) mass is 1310 g/mol.